The molecule has 3 heterocycles. The molecule has 0 atom stereocenters. The van der Waals surface area contributed by atoms with Crippen molar-refractivity contribution < 1.29 is 13.9 Å². The topological polar surface area (TPSA) is 94.5 Å². The highest BCUT2D eigenvalue weighted by Gasteiger charge is 2.20. The lowest BCUT2D eigenvalue weighted by molar-refractivity contribution is 0.0473. The standard InChI is InChI=1S/C18H14BrN5O3/c1-20-18-21-9-12(17(25)27-10-11-5-2-3-6-13(11)19)16-22-15(23-24(16)18)14-7-4-8-26-14/h2-9H,10H2,1H3,(H,20,21). The molecule has 8 nitrogen and oxygen atoms in total. The van der Waals surface area contributed by atoms with Crippen LogP contribution in [0.1, 0.15) is 15.9 Å². The Morgan fingerprint density at radius 3 is 2.89 bits per heavy atom. The van der Waals surface area contributed by atoms with Gasteiger partial charge < -0.3 is 14.5 Å². The molecule has 0 spiro atoms. The van der Waals surface area contributed by atoms with Gasteiger partial charge in [0.1, 0.15) is 12.2 Å². The first-order valence-electron chi connectivity index (χ1n) is 8.05. The summed E-state index contributed by atoms with van der Waals surface area (Å²) in [5, 5.41) is 7.29. The molecule has 1 aromatic carbocycles. The number of ether oxygens (including phenoxy) is 1. The molecular formula is C18H14BrN5O3. The second-order valence-electron chi connectivity index (χ2n) is 5.56. The number of hydrogen-bond acceptors (Lipinski definition) is 7. The minimum atomic E-state index is -0.538. The van der Waals surface area contributed by atoms with E-state index < -0.39 is 5.97 Å². The molecule has 9 heteroatoms. The van der Waals surface area contributed by atoms with Crippen molar-refractivity contribution in [2.75, 3.05) is 12.4 Å². The van der Waals surface area contributed by atoms with Crippen LogP contribution in [0.3, 0.4) is 0 Å². The van der Waals surface area contributed by atoms with E-state index in [1.807, 2.05) is 24.3 Å². The number of carbonyl (C=O) groups is 1. The fourth-order valence-electron chi connectivity index (χ4n) is 2.53. The molecule has 4 aromatic rings. The third-order valence-corrected chi connectivity index (χ3v) is 4.64. The monoisotopic (exact) mass is 427 g/mol. The van der Waals surface area contributed by atoms with Gasteiger partial charge in [0.2, 0.25) is 11.8 Å². The van der Waals surface area contributed by atoms with Crippen LogP contribution in [0.15, 0.2) is 57.7 Å². The molecule has 0 bridgehead atoms. The predicted octanol–water partition coefficient (Wildman–Crippen LogP) is 3.55. The van der Waals surface area contributed by atoms with E-state index in [-0.39, 0.29) is 12.2 Å². The quantitative estimate of drug-likeness (QED) is 0.486. The highest BCUT2D eigenvalue weighted by atomic mass is 79.9. The maximum Gasteiger partial charge on any atom is 0.343 e. The summed E-state index contributed by atoms with van der Waals surface area (Å²) in [6.45, 7) is 0.124. The van der Waals surface area contributed by atoms with Gasteiger partial charge in [-0.3, -0.25) is 0 Å². The van der Waals surface area contributed by atoms with E-state index in [0.29, 0.717) is 23.2 Å². The fraction of sp³-hybridized carbons (Fsp3) is 0.111. The molecule has 0 radical (unpaired) electrons. The Balaban J connectivity index is 1.68. The van der Waals surface area contributed by atoms with Crippen LogP contribution in [0, 0.1) is 0 Å². The van der Waals surface area contributed by atoms with Gasteiger partial charge in [-0.2, -0.15) is 4.52 Å². The number of nitrogens with zero attached hydrogens (tertiary/aromatic N) is 4. The number of anilines is 1. The van der Waals surface area contributed by atoms with E-state index in [0.717, 1.165) is 10.0 Å². The van der Waals surface area contributed by atoms with E-state index in [4.69, 9.17) is 9.15 Å². The van der Waals surface area contributed by atoms with Crippen molar-refractivity contribution in [1.29, 1.82) is 0 Å². The van der Waals surface area contributed by atoms with Crippen LogP contribution in [0.2, 0.25) is 0 Å². The molecule has 1 N–H and O–H groups in total. The van der Waals surface area contributed by atoms with Gasteiger partial charge in [-0.25, -0.2) is 14.8 Å². The maximum atomic E-state index is 12.6. The Hall–Kier alpha value is -3.20. The molecular weight excluding hydrogens is 414 g/mol. The molecule has 0 aliphatic carbocycles. The van der Waals surface area contributed by atoms with Crippen LogP contribution in [-0.4, -0.2) is 32.6 Å². The molecule has 0 amide bonds. The average Bonchev–Trinajstić information content (AvgIpc) is 3.35. The summed E-state index contributed by atoms with van der Waals surface area (Å²) in [6.07, 6.45) is 2.95. The Bertz CT molecular complexity index is 1110. The second-order valence-corrected chi connectivity index (χ2v) is 6.42. The molecule has 0 unspecified atom stereocenters. The SMILES string of the molecule is CNc1ncc(C(=O)OCc2ccccc2Br)c2nc(-c3ccco3)nn12. The van der Waals surface area contributed by atoms with Gasteiger partial charge in [0.25, 0.3) is 0 Å². The molecule has 27 heavy (non-hydrogen) atoms. The summed E-state index contributed by atoms with van der Waals surface area (Å²) in [4.78, 5) is 21.3. The molecule has 0 aliphatic rings. The fourth-order valence-corrected chi connectivity index (χ4v) is 2.93. The minimum absolute atomic E-state index is 0.124. The number of carbonyl (C=O) groups excluding carboxylic acids is 1. The van der Waals surface area contributed by atoms with Gasteiger partial charge in [-0.15, -0.1) is 5.10 Å². The third-order valence-electron chi connectivity index (χ3n) is 3.87. The van der Waals surface area contributed by atoms with Crippen LogP contribution in [0.25, 0.3) is 17.2 Å². The van der Waals surface area contributed by atoms with Crippen molar-refractivity contribution in [3.63, 3.8) is 0 Å². The number of nitrogens with one attached hydrogen (secondary N) is 1. The predicted molar refractivity (Wildman–Crippen MR) is 101 cm³/mol. The van der Waals surface area contributed by atoms with Gasteiger partial charge >= 0.3 is 5.97 Å². The number of fused-ring (bicyclic) bond motifs is 1. The van der Waals surface area contributed by atoms with Crippen molar-refractivity contribution in [3.8, 4) is 11.6 Å². The molecule has 4 rings (SSSR count). The summed E-state index contributed by atoms with van der Waals surface area (Å²) in [5.74, 6) is 0.750. The minimum Gasteiger partial charge on any atom is -0.461 e. The highest BCUT2D eigenvalue weighted by Crippen LogP contribution is 2.22. The smallest absolute Gasteiger partial charge is 0.343 e. The number of halogens is 1. The third kappa shape index (κ3) is 3.28. The van der Waals surface area contributed by atoms with Crippen molar-refractivity contribution in [2.24, 2.45) is 0 Å². The van der Waals surface area contributed by atoms with Crippen molar-refractivity contribution in [1.82, 2.24) is 19.6 Å². The maximum absolute atomic E-state index is 12.6. The molecule has 136 valence electrons. The molecule has 0 aliphatic heterocycles. The number of benzene rings is 1. The van der Waals surface area contributed by atoms with E-state index >= 15 is 0 Å². The molecule has 0 saturated carbocycles. The molecule has 0 fully saturated rings. The zero-order valence-corrected chi connectivity index (χ0v) is 15.8. The van der Waals surface area contributed by atoms with Gasteiger partial charge in [-0.05, 0) is 18.2 Å². The highest BCUT2D eigenvalue weighted by molar-refractivity contribution is 9.10. The number of esters is 1. The van der Waals surface area contributed by atoms with Crippen LogP contribution >= 0.6 is 15.9 Å². The Morgan fingerprint density at radius 2 is 2.15 bits per heavy atom. The van der Waals surface area contributed by atoms with E-state index in [2.05, 4.69) is 36.3 Å². The van der Waals surface area contributed by atoms with Crippen LogP contribution in [-0.2, 0) is 11.3 Å². The van der Waals surface area contributed by atoms with Gasteiger partial charge in [-0.1, -0.05) is 34.1 Å². The zero-order valence-electron chi connectivity index (χ0n) is 14.2. The van der Waals surface area contributed by atoms with Crippen LogP contribution in [0.5, 0.6) is 0 Å². The number of aromatic nitrogens is 4. The Kier molecular flexibility index (Phi) is 4.59. The Morgan fingerprint density at radius 1 is 1.30 bits per heavy atom. The lowest BCUT2D eigenvalue weighted by atomic mass is 10.2. The second kappa shape index (κ2) is 7.20. The van der Waals surface area contributed by atoms with Crippen molar-refractivity contribution in [2.45, 2.75) is 6.61 Å². The summed E-state index contributed by atoms with van der Waals surface area (Å²) >= 11 is 3.44. The molecule has 0 saturated heterocycles. The lowest BCUT2D eigenvalue weighted by Crippen LogP contribution is -2.11. The first kappa shape index (κ1) is 17.2. The summed E-state index contributed by atoms with van der Waals surface area (Å²) < 4.78 is 13.1. The molecule has 3 aromatic heterocycles. The van der Waals surface area contributed by atoms with E-state index in [9.17, 15) is 4.79 Å². The van der Waals surface area contributed by atoms with Crippen LogP contribution in [0.4, 0.5) is 5.95 Å². The number of hydrogen-bond donors (Lipinski definition) is 1. The van der Waals surface area contributed by atoms with Gasteiger partial charge in [0, 0.05) is 23.3 Å². The lowest BCUT2D eigenvalue weighted by Gasteiger charge is -2.08. The van der Waals surface area contributed by atoms with Gasteiger partial charge in [0.05, 0.1) is 6.26 Å². The normalized spacial score (nSPS) is 10.9. The first-order valence-corrected chi connectivity index (χ1v) is 8.84. The van der Waals surface area contributed by atoms with E-state index in [1.54, 1.807) is 19.2 Å². The van der Waals surface area contributed by atoms with E-state index in [1.165, 1.54) is 17.0 Å². The first-order chi connectivity index (χ1) is 13.2. The Labute approximate surface area is 162 Å². The van der Waals surface area contributed by atoms with Gasteiger partial charge in [0.15, 0.2) is 11.4 Å². The average molecular weight is 428 g/mol. The van der Waals surface area contributed by atoms with Crippen LogP contribution < -0.4 is 5.32 Å². The summed E-state index contributed by atoms with van der Waals surface area (Å²) in [7, 11) is 1.71. The van der Waals surface area contributed by atoms with Crippen molar-refractivity contribution >= 4 is 33.5 Å². The van der Waals surface area contributed by atoms with Crippen molar-refractivity contribution in [3.05, 3.63) is 64.5 Å². The summed E-state index contributed by atoms with van der Waals surface area (Å²) in [6, 6.07) is 11.0. The largest absolute Gasteiger partial charge is 0.461 e. The zero-order chi connectivity index (χ0) is 18.8. The summed E-state index contributed by atoms with van der Waals surface area (Å²) in [5.41, 5.74) is 1.41. The number of furan rings is 1. The number of rotatable bonds is 5.